The molecule has 1 aromatic heterocycles. The molecule has 94 valence electrons. The number of nitrogens with one attached hydrogen (secondary N) is 2. The topological polar surface area (TPSA) is 40.7 Å². The summed E-state index contributed by atoms with van der Waals surface area (Å²) in [4.78, 5) is 0. The largest absolute Gasteiger partial charge is 0.366 e. The second kappa shape index (κ2) is 4.12. The van der Waals surface area contributed by atoms with Crippen LogP contribution in [0, 0.1) is 0 Å². The van der Waals surface area contributed by atoms with Crippen molar-refractivity contribution < 1.29 is 0 Å². The van der Waals surface area contributed by atoms with Crippen molar-refractivity contribution in [2.75, 3.05) is 5.32 Å². The molecule has 2 N–H and O–H groups in total. The Labute approximate surface area is 111 Å². The first-order valence-electron chi connectivity index (χ1n) is 6.70. The number of nitrogens with zero attached hydrogens (tertiary/aromatic N) is 1. The van der Waals surface area contributed by atoms with Crippen LogP contribution in [0.2, 0.25) is 0 Å². The van der Waals surface area contributed by atoms with Crippen LogP contribution in [0.4, 0.5) is 5.82 Å². The van der Waals surface area contributed by atoms with Crippen molar-refractivity contribution in [3.05, 3.63) is 48.5 Å². The van der Waals surface area contributed by atoms with E-state index in [1.165, 1.54) is 29.2 Å². The summed E-state index contributed by atoms with van der Waals surface area (Å²) >= 11 is 0. The normalized spacial score (nSPS) is 14.7. The molecule has 1 heterocycles. The summed E-state index contributed by atoms with van der Waals surface area (Å²) in [5.41, 5.74) is 2.27. The Bertz CT molecular complexity index is 720. The Hall–Kier alpha value is -2.29. The average Bonchev–Trinajstić information content (AvgIpc) is 3.14. The zero-order valence-electron chi connectivity index (χ0n) is 10.6. The number of anilines is 1. The van der Waals surface area contributed by atoms with Crippen molar-refractivity contribution in [3.8, 4) is 11.3 Å². The molecule has 0 bridgehead atoms. The summed E-state index contributed by atoms with van der Waals surface area (Å²) in [7, 11) is 0. The van der Waals surface area contributed by atoms with Crippen molar-refractivity contribution in [1.82, 2.24) is 10.2 Å². The van der Waals surface area contributed by atoms with Crippen LogP contribution in [0.25, 0.3) is 22.0 Å². The third-order valence-electron chi connectivity index (χ3n) is 3.59. The standard InChI is InChI=1S/C16H15N3/c1-2-6-13-11(4-1)5-3-7-14(13)15-10-16(19-18-15)17-12-8-9-12/h1-7,10,12H,8-9H2,(H2,17,18,19). The first kappa shape index (κ1) is 10.6. The van der Waals surface area contributed by atoms with E-state index in [0.717, 1.165) is 11.5 Å². The van der Waals surface area contributed by atoms with Gasteiger partial charge >= 0.3 is 0 Å². The van der Waals surface area contributed by atoms with E-state index in [4.69, 9.17) is 0 Å². The minimum Gasteiger partial charge on any atom is -0.366 e. The highest BCUT2D eigenvalue weighted by atomic mass is 15.2. The summed E-state index contributed by atoms with van der Waals surface area (Å²) in [6.45, 7) is 0. The van der Waals surface area contributed by atoms with Gasteiger partial charge in [0.05, 0.1) is 5.69 Å². The fraction of sp³-hybridized carbons (Fsp3) is 0.188. The highest BCUT2D eigenvalue weighted by Gasteiger charge is 2.21. The monoisotopic (exact) mass is 249 g/mol. The molecule has 1 aliphatic carbocycles. The highest BCUT2D eigenvalue weighted by molar-refractivity contribution is 5.96. The number of rotatable bonds is 3. The minimum absolute atomic E-state index is 0.628. The first-order valence-corrected chi connectivity index (χ1v) is 6.70. The van der Waals surface area contributed by atoms with Crippen LogP contribution < -0.4 is 5.32 Å². The molecule has 0 amide bonds. The van der Waals surface area contributed by atoms with Gasteiger partial charge in [0, 0.05) is 17.7 Å². The van der Waals surface area contributed by atoms with E-state index in [1.54, 1.807) is 0 Å². The summed E-state index contributed by atoms with van der Waals surface area (Å²) in [6, 6.07) is 17.5. The number of hydrogen-bond donors (Lipinski definition) is 2. The molecule has 0 saturated heterocycles. The van der Waals surface area contributed by atoms with E-state index < -0.39 is 0 Å². The third kappa shape index (κ3) is 1.97. The van der Waals surface area contributed by atoms with Crippen molar-refractivity contribution in [2.45, 2.75) is 18.9 Å². The molecule has 1 aliphatic rings. The molecule has 0 atom stereocenters. The SMILES string of the molecule is c1ccc2c(-c3cc(NC4CC4)n[nH]3)cccc2c1. The van der Waals surface area contributed by atoms with E-state index in [1.807, 2.05) is 0 Å². The number of benzene rings is 2. The molecule has 4 rings (SSSR count). The van der Waals surface area contributed by atoms with Crippen molar-refractivity contribution in [3.63, 3.8) is 0 Å². The lowest BCUT2D eigenvalue weighted by Gasteiger charge is -2.03. The molecule has 0 aliphatic heterocycles. The van der Waals surface area contributed by atoms with E-state index in [9.17, 15) is 0 Å². The quantitative estimate of drug-likeness (QED) is 0.741. The Kier molecular flexibility index (Phi) is 2.30. The Morgan fingerprint density at radius 3 is 2.79 bits per heavy atom. The smallest absolute Gasteiger partial charge is 0.148 e. The predicted molar refractivity (Wildman–Crippen MR) is 78.2 cm³/mol. The van der Waals surface area contributed by atoms with Crippen molar-refractivity contribution in [2.24, 2.45) is 0 Å². The van der Waals surface area contributed by atoms with Crippen LogP contribution in [0.5, 0.6) is 0 Å². The van der Waals surface area contributed by atoms with Gasteiger partial charge in [-0.25, -0.2) is 0 Å². The number of fused-ring (bicyclic) bond motifs is 1. The van der Waals surface area contributed by atoms with Gasteiger partial charge in [0.15, 0.2) is 0 Å². The van der Waals surface area contributed by atoms with Gasteiger partial charge in [-0.05, 0) is 23.6 Å². The fourth-order valence-electron chi connectivity index (χ4n) is 2.43. The number of H-pyrrole nitrogens is 1. The Morgan fingerprint density at radius 1 is 1.05 bits per heavy atom. The van der Waals surface area contributed by atoms with Crippen LogP contribution in [0.1, 0.15) is 12.8 Å². The van der Waals surface area contributed by atoms with Gasteiger partial charge in [-0.15, -0.1) is 0 Å². The molecule has 1 fully saturated rings. The second-order valence-corrected chi connectivity index (χ2v) is 5.11. The molecule has 0 spiro atoms. The summed E-state index contributed by atoms with van der Waals surface area (Å²) in [5, 5.41) is 13.4. The lowest BCUT2D eigenvalue weighted by atomic mass is 10.0. The van der Waals surface area contributed by atoms with Gasteiger partial charge in [0.2, 0.25) is 0 Å². The minimum atomic E-state index is 0.628. The van der Waals surface area contributed by atoms with E-state index in [-0.39, 0.29) is 0 Å². The van der Waals surface area contributed by atoms with E-state index >= 15 is 0 Å². The van der Waals surface area contributed by atoms with Crippen LogP contribution >= 0.6 is 0 Å². The van der Waals surface area contributed by atoms with Gasteiger partial charge in [0.25, 0.3) is 0 Å². The molecule has 3 aromatic rings. The van der Waals surface area contributed by atoms with Gasteiger partial charge in [0.1, 0.15) is 5.82 Å². The van der Waals surface area contributed by atoms with Crippen molar-refractivity contribution in [1.29, 1.82) is 0 Å². The molecule has 3 heteroatoms. The summed E-state index contributed by atoms with van der Waals surface area (Å²) < 4.78 is 0. The van der Waals surface area contributed by atoms with Crippen LogP contribution in [0.3, 0.4) is 0 Å². The number of hydrogen-bond acceptors (Lipinski definition) is 2. The average molecular weight is 249 g/mol. The lowest BCUT2D eigenvalue weighted by Crippen LogP contribution is -2.00. The van der Waals surface area contributed by atoms with Crippen LogP contribution in [0.15, 0.2) is 48.5 Å². The van der Waals surface area contributed by atoms with E-state index in [2.05, 4.69) is 64.0 Å². The van der Waals surface area contributed by atoms with Crippen LogP contribution in [-0.2, 0) is 0 Å². The molecule has 2 aromatic carbocycles. The molecule has 0 unspecified atom stereocenters. The second-order valence-electron chi connectivity index (χ2n) is 5.11. The zero-order valence-corrected chi connectivity index (χ0v) is 10.6. The van der Waals surface area contributed by atoms with Gasteiger partial charge in [-0.3, -0.25) is 5.10 Å². The maximum Gasteiger partial charge on any atom is 0.148 e. The maximum absolute atomic E-state index is 4.34. The number of aromatic nitrogens is 2. The lowest BCUT2D eigenvalue weighted by molar-refractivity contribution is 1.05. The highest BCUT2D eigenvalue weighted by Crippen LogP contribution is 2.30. The summed E-state index contributed by atoms with van der Waals surface area (Å²) in [6.07, 6.45) is 2.52. The molecular formula is C16H15N3. The predicted octanol–water partition coefficient (Wildman–Crippen LogP) is 3.80. The zero-order chi connectivity index (χ0) is 12.7. The van der Waals surface area contributed by atoms with Gasteiger partial charge in [-0.1, -0.05) is 42.5 Å². The van der Waals surface area contributed by atoms with Crippen LogP contribution in [-0.4, -0.2) is 16.2 Å². The van der Waals surface area contributed by atoms with Crippen molar-refractivity contribution >= 4 is 16.6 Å². The fourth-order valence-corrected chi connectivity index (χ4v) is 2.43. The van der Waals surface area contributed by atoms with Gasteiger partial charge in [-0.2, -0.15) is 5.10 Å². The molecular weight excluding hydrogens is 234 g/mol. The number of aromatic amines is 1. The third-order valence-corrected chi connectivity index (χ3v) is 3.59. The molecule has 1 saturated carbocycles. The molecule has 19 heavy (non-hydrogen) atoms. The summed E-state index contributed by atoms with van der Waals surface area (Å²) in [5.74, 6) is 0.949. The van der Waals surface area contributed by atoms with E-state index in [0.29, 0.717) is 6.04 Å². The maximum atomic E-state index is 4.34. The first-order chi connectivity index (χ1) is 9.40. The van der Waals surface area contributed by atoms with Gasteiger partial charge < -0.3 is 5.32 Å². The molecule has 0 radical (unpaired) electrons. The Balaban J connectivity index is 1.78. The molecule has 3 nitrogen and oxygen atoms in total. The Morgan fingerprint density at radius 2 is 1.89 bits per heavy atom.